The second kappa shape index (κ2) is 13.3. The molecule has 11 nitrogen and oxygen atoms in total. The molecular formula is C22H32N2O9S. The smallest absolute Gasteiger partial charge is 0.330 e. The van der Waals surface area contributed by atoms with Gasteiger partial charge in [-0.25, -0.2) is 4.79 Å². The molecule has 0 aromatic rings. The summed E-state index contributed by atoms with van der Waals surface area (Å²) in [5, 5.41) is -1.79. The van der Waals surface area contributed by atoms with Gasteiger partial charge in [0.25, 0.3) is 33.7 Å². The Balaban J connectivity index is 1.41. The van der Waals surface area contributed by atoms with E-state index in [1.54, 1.807) is 0 Å². The Morgan fingerprint density at radius 2 is 1.32 bits per heavy atom. The summed E-state index contributed by atoms with van der Waals surface area (Å²) < 4.78 is 31.1. The molecule has 12 heteroatoms. The largest absolute Gasteiger partial charge is 0.333 e. The number of carbonyl (C=O) groups is 5. The van der Waals surface area contributed by atoms with Crippen molar-refractivity contribution in [3.8, 4) is 0 Å². The van der Waals surface area contributed by atoms with E-state index in [-0.39, 0.29) is 23.3 Å². The van der Waals surface area contributed by atoms with Crippen molar-refractivity contribution in [3.05, 3.63) is 12.2 Å². The standard InChI is InChI=1S/C22H32N2O9S/c25-18-13-14-19(26)23(18)15-11-9-7-5-3-1-2-4-6-8-10-12-21(28)33-24-20(27)16-17(22(24)29)34(30,31)32/h13-14,17H,1-12,15-16H2,(H,30,31,32). The predicted molar refractivity (Wildman–Crippen MR) is 119 cm³/mol. The SMILES string of the molecule is O=C(CCCCCCCCCCCCCN1C(=O)C=CC1=O)ON1C(=O)CC(S(=O)(=O)O)C1=O. The third-order valence-electron chi connectivity index (χ3n) is 5.78. The van der Waals surface area contributed by atoms with Crippen LogP contribution in [0.2, 0.25) is 0 Å². The summed E-state index contributed by atoms with van der Waals surface area (Å²) >= 11 is 0. The van der Waals surface area contributed by atoms with Gasteiger partial charge < -0.3 is 4.84 Å². The number of nitrogens with zero attached hydrogens (tertiary/aromatic N) is 2. The summed E-state index contributed by atoms with van der Waals surface area (Å²) in [5.41, 5.74) is 0. The summed E-state index contributed by atoms with van der Waals surface area (Å²) in [7, 11) is -4.73. The van der Waals surface area contributed by atoms with Crippen LogP contribution in [0.4, 0.5) is 0 Å². The molecule has 0 bridgehead atoms. The van der Waals surface area contributed by atoms with Crippen LogP contribution in [0.5, 0.6) is 0 Å². The van der Waals surface area contributed by atoms with Gasteiger partial charge in [0.15, 0.2) is 5.25 Å². The van der Waals surface area contributed by atoms with Gasteiger partial charge in [-0.1, -0.05) is 57.8 Å². The Hall–Kier alpha value is -2.60. The number of hydrogen-bond acceptors (Lipinski definition) is 8. The molecule has 1 fully saturated rings. The number of carbonyl (C=O) groups excluding carboxylic acids is 5. The van der Waals surface area contributed by atoms with Crippen LogP contribution in [0.3, 0.4) is 0 Å². The van der Waals surface area contributed by atoms with E-state index in [1.807, 2.05) is 0 Å². The fraction of sp³-hybridized carbons (Fsp3) is 0.682. The molecule has 0 aliphatic carbocycles. The van der Waals surface area contributed by atoms with Gasteiger partial charge in [0, 0.05) is 25.1 Å². The van der Waals surface area contributed by atoms with Gasteiger partial charge in [0.2, 0.25) is 0 Å². The Bertz CT molecular complexity index is 895. The first-order chi connectivity index (χ1) is 16.1. The Labute approximate surface area is 199 Å². The maximum atomic E-state index is 11.8. The van der Waals surface area contributed by atoms with Crippen molar-refractivity contribution < 1.29 is 41.8 Å². The zero-order valence-electron chi connectivity index (χ0n) is 19.1. The zero-order valence-corrected chi connectivity index (χ0v) is 20.0. The highest BCUT2D eigenvalue weighted by atomic mass is 32.2. The highest BCUT2D eigenvalue weighted by molar-refractivity contribution is 7.87. The molecule has 190 valence electrons. The van der Waals surface area contributed by atoms with Crippen LogP contribution in [0.25, 0.3) is 0 Å². The molecule has 1 saturated heterocycles. The lowest BCUT2D eigenvalue weighted by Gasteiger charge is -2.13. The summed E-state index contributed by atoms with van der Waals surface area (Å²) in [6, 6.07) is 0. The van der Waals surface area contributed by atoms with Gasteiger partial charge in [0.1, 0.15) is 0 Å². The Kier molecular flexibility index (Phi) is 10.8. The molecule has 2 heterocycles. The van der Waals surface area contributed by atoms with E-state index in [0.717, 1.165) is 64.2 Å². The second-order valence-electron chi connectivity index (χ2n) is 8.50. The minimum absolute atomic E-state index is 0.00170. The topological polar surface area (TPSA) is 155 Å². The van der Waals surface area contributed by atoms with Crippen molar-refractivity contribution in [2.45, 2.75) is 88.7 Å². The summed E-state index contributed by atoms with van der Waals surface area (Å²) in [5.74, 6) is -3.49. The van der Waals surface area contributed by atoms with Gasteiger partial charge in [-0.15, -0.1) is 5.06 Å². The first kappa shape index (κ1) is 27.6. The molecule has 1 unspecified atom stereocenters. The molecule has 0 aromatic carbocycles. The van der Waals surface area contributed by atoms with Crippen molar-refractivity contribution in [1.82, 2.24) is 9.96 Å². The predicted octanol–water partition coefficient (Wildman–Crippen LogP) is 2.07. The molecule has 0 saturated carbocycles. The van der Waals surface area contributed by atoms with Crippen molar-refractivity contribution in [1.29, 1.82) is 0 Å². The molecule has 0 radical (unpaired) electrons. The van der Waals surface area contributed by atoms with E-state index in [9.17, 15) is 32.4 Å². The lowest BCUT2D eigenvalue weighted by atomic mass is 10.1. The summed E-state index contributed by atoms with van der Waals surface area (Å²) in [6.45, 7) is 0.480. The third-order valence-corrected chi connectivity index (χ3v) is 6.87. The lowest BCUT2D eigenvalue weighted by Crippen LogP contribution is -2.36. The number of amides is 4. The van der Waals surface area contributed by atoms with Crippen molar-refractivity contribution in [2.24, 2.45) is 0 Å². The number of imide groups is 2. The normalized spacial score (nSPS) is 18.4. The van der Waals surface area contributed by atoms with Crippen LogP contribution in [-0.2, 0) is 38.9 Å². The molecule has 2 aliphatic heterocycles. The molecule has 4 amide bonds. The van der Waals surface area contributed by atoms with Crippen molar-refractivity contribution >= 4 is 39.7 Å². The van der Waals surface area contributed by atoms with Gasteiger partial charge in [0.05, 0.1) is 6.42 Å². The van der Waals surface area contributed by atoms with E-state index in [1.165, 1.54) is 17.1 Å². The quantitative estimate of drug-likeness (QED) is 0.190. The van der Waals surface area contributed by atoms with Crippen LogP contribution in [0, 0.1) is 0 Å². The van der Waals surface area contributed by atoms with E-state index >= 15 is 0 Å². The van der Waals surface area contributed by atoms with Gasteiger partial charge in [-0.3, -0.25) is 28.6 Å². The second-order valence-corrected chi connectivity index (χ2v) is 10.1. The van der Waals surface area contributed by atoms with Crippen LogP contribution in [-0.4, -0.2) is 64.3 Å². The molecule has 1 N–H and O–H groups in total. The maximum Gasteiger partial charge on any atom is 0.333 e. The Morgan fingerprint density at radius 1 is 0.853 bits per heavy atom. The van der Waals surface area contributed by atoms with Crippen LogP contribution in [0.15, 0.2) is 12.2 Å². The number of hydrogen-bond donors (Lipinski definition) is 1. The minimum Gasteiger partial charge on any atom is -0.330 e. The first-order valence-corrected chi connectivity index (χ1v) is 13.2. The third kappa shape index (κ3) is 8.64. The van der Waals surface area contributed by atoms with E-state index in [0.29, 0.717) is 13.0 Å². The van der Waals surface area contributed by atoms with E-state index < -0.39 is 39.6 Å². The highest BCUT2D eigenvalue weighted by Crippen LogP contribution is 2.20. The van der Waals surface area contributed by atoms with Crippen LogP contribution in [0.1, 0.15) is 83.5 Å². The average molecular weight is 501 g/mol. The molecule has 1 atom stereocenters. The lowest BCUT2D eigenvalue weighted by molar-refractivity contribution is -0.197. The highest BCUT2D eigenvalue weighted by Gasteiger charge is 2.48. The number of rotatable bonds is 16. The fourth-order valence-corrected chi connectivity index (χ4v) is 4.54. The van der Waals surface area contributed by atoms with Gasteiger partial charge in [-0.05, 0) is 12.8 Å². The molecule has 0 aromatic heterocycles. The number of hydroxylamine groups is 2. The number of unbranched alkanes of at least 4 members (excludes halogenated alkanes) is 10. The molecule has 0 spiro atoms. The maximum absolute atomic E-state index is 11.8. The van der Waals surface area contributed by atoms with Gasteiger partial charge >= 0.3 is 5.97 Å². The van der Waals surface area contributed by atoms with E-state index in [4.69, 9.17) is 4.55 Å². The molecule has 2 rings (SSSR count). The molecule has 2 aliphatic rings. The fourth-order valence-electron chi connectivity index (χ4n) is 3.84. The van der Waals surface area contributed by atoms with Gasteiger partial charge in [-0.2, -0.15) is 8.42 Å². The van der Waals surface area contributed by atoms with Crippen molar-refractivity contribution in [3.63, 3.8) is 0 Å². The molecular weight excluding hydrogens is 468 g/mol. The summed E-state index contributed by atoms with van der Waals surface area (Å²) in [4.78, 5) is 64.1. The summed E-state index contributed by atoms with van der Waals surface area (Å²) in [6.07, 6.45) is 12.4. The first-order valence-electron chi connectivity index (χ1n) is 11.7. The minimum atomic E-state index is -4.73. The molecule has 34 heavy (non-hydrogen) atoms. The monoisotopic (exact) mass is 500 g/mol. The van der Waals surface area contributed by atoms with Crippen LogP contribution >= 0.6 is 0 Å². The van der Waals surface area contributed by atoms with E-state index in [2.05, 4.69) is 4.84 Å². The average Bonchev–Trinajstić information content (AvgIpc) is 3.24. The van der Waals surface area contributed by atoms with Crippen molar-refractivity contribution in [2.75, 3.05) is 6.54 Å². The zero-order chi connectivity index (χ0) is 25.1. The Morgan fingerprint density at radius 3 is 1.79 bits per heavy atom. The van der Waals surface area contributed by atoms with Crippen LogP contribution < -0.4 is 0 Å².